The zero-order chi connectivity index (χ0) is 25.4. The van der Waals surface area contributed by atoms with Gasteiger partial charge < -0.3 is 19.5 Å². The van der Waals surface area contributed by atoms with E-state index in [1.807, 2.05) is 30.0 Å². The molecule has 0 saturated carbocycles. The maximum atomic E-state index is 13.4. The van der Waals surface area contributed by atoms with Crippen LogP contribution in [0.25, 0.3) is 0 Å². The average Bonchev–Trinajstić information content (AvgIpc) is 3.46. The van der Waals surface area contributed by atoms with E-state index < -0.39 is 11.9 Å². The number of carbonyl (C=O) groups is 2. The molecule has 2 aliphatic rings. The molecule has 7 heteroatoms. The molecule has 0 aliphatic carbocycles. The Hall–Kier alpha value is -2.54. The fourth-order valence-corrected chi connectivity index (χ4v) is 5.19. The van der Waals surface area contributed by atoms with Crippen LogP contribution in [0.2, 0.25) is 0 Å². The zero-order valence-electron chi connectivity index (χ0n) is 21.8. The number of carboxylic acids is 1. The van der Waals surface area contributed by atoms with Gasteiger partial charge in [0.25, 0.3) is 0 Å². The molecule has 1 N–H and O–H groups in total. The Morgan fingerprint density at radius 1 is 1.14 bits per heavy atom. The number of hydrogen-bond acceptors (Lipinski definition) is 5. The Bertz CT molecular complexity index is 891. The summed E-state index contributed by atoms with van der Waals surface area (Å²) in [6.07, 6.45) is 7.65. The summed E-state index contributed by atoms with van der Waals surface area (Å²) in [5, 5.41) is 10.3. The largest absolute Gasteiger partial charge is 0.481 e. The van der Waals surface area contributed by atoms with Gasteiger partial charge in [0.1, 0.15) is 0 Å². The lowest BCUT2D eigenvalue weighted by molar-refractivity contribution is -0.143. The second-order valence-electron chi connectivity index (χ2n) is 9.84. The molecule has 2 heterocycles. The fraction of sp³-hybridized carbons (Fsp3) is 0.643. The molecule has 2 aliphatic heterocycles. The number of rotatable bonds is 13. The lowest BCUT2D eigenvalue weighted by atomic mass is 9.83. The third-order valence-electron chi connectivity index (χ3n) is 7.44. The first kappa shape index (κ1) is 27.1. The highest BCUT2D eigenvalue weighted by Gasteiger charge is 2.47. The van der Waals surface area contributed by atoms with Gasteiger partial charge in [0, 0.05) is 31.6 Å². The van der Waals surface area contributed by atoms with E-state index in [-0.39, 0.29) is 31.2 Å². The molecule has 0 aromatic heterocycles. The van der Waals surface area contributed by atoms with Crippen molar-refractivity contribution >= 4 is 11.9 Å². The number of amides is 1. The van der Waals surface area contributed by atoms with Crippen LogP contribution in [0.15, 0.2) is 29.8 Å². The maximum Gasteiger partial charge on any atom is 0.308 e. The topological polar surface area (TPSA) is 79.3 Å². The molecule has 3 rings (SSSR count). The smallest absolute Gasteiger partial charge is 0.308 e. The van der Waals surface area contributed by atoms with E-state index in [2.05, 4.69) is 31.7 Å². The van der Waals surface area contributed by atoms with Gasteiger partial charge >= 0.3 is 5.97 Å². The lowest BCUT2D eigenvalue weighted by Gasteiger charge is -2.30. The number of aliphatic carboxylic acids is 1. The third kappa shape index (κ3) is 6.78. The lowest BCUT2D eigenvalue weighted by Crippen LogP contribution is -2.44. The van der Waals surface area contributed by atoms with Crippen LogP contribution in [0.4, 0.5) is 0 Å². The van der Waals surface area contributed by atoms with Crippen molar-refractivity contribution in [1.82, 2.24) is 9.80 Å². The minimum Gasteiger partial charge on any atom is -0.481 e. The minimum atomic E-state index is -0.806. The quantitative estimate of drug-likeness (QED) is 0.393. The van der Waals surface area contributed by atoms with Crippen molar-refractivity contribution in [1.29, 1.82) is 0 Å². The fourth-order valence-electron chi connectivity index (χ4n) is 5.19. The van der Waals surface area contributed by atoms with Crippen molar-refractivity contribution in [3.63, 3.8) is 0 Å². The van der Waals surface area contributed by atoms with E-state index in [4.69, 9.17) is 9.47 Å². The number of likely N-dealkylation sites (tertiary alicyclic amines) is 1. The van der Waals surface area contributed by atoms with Gasteiger partial charge in [0.15, 0.2) is 11.5 Å². The van der Waals surface area contributed by atoms with Crippen LogP contribution in [0.1, 0.15) is 77.7 Å². The predicted octanol–water partition coefficient (Wildman–Crippen LogP) is 5.06. The van der Waals surface area contributed by atoms with Crippen LogP contribution < -0.4 is 9.47 Å². The molecule has 1 aromatic rings. The Morgan fingerprint density at radius 3 is 2.46 bits per heavy atom. The number of carbonyl (C=O) groups excluding carboxylic acids is 1. The van der Waals surface area contributed by atoms with E-state index in [1.54, 1.807) is 0 Å². The molecule has 1 amide bonds. The molecule has 35 heavy (non-hydrogen) atoms. The molecule has 194 valence electrons. The van der Waals surface area contributed by atoms with Gasteiger partial charge in [-0.05, 0) is 57.2 Å². The molecule has 1 fully saturated rings. The van der Waals surface area contributed by atoms with Crippen LogP contribution >= 0.6 is 0 Å². The summed E-state index contributed by atoms with van der Waals surface area (Å²) in [4.78, 5) is 30.1. The first-order valence-corrected chi connectivity index (χ1v) is 13.2. The average molecular weight is 487 g/mol. The molecule has 0 spiro atoms. The predicted molar refractivity (Wildman–Crippen MR) is 137 cm³/mol. The Labute approximate surface area is 210 Å². The minimum absolute atomic E-state index is 0.107. The summed E-state index contributed by atoms with van der Waals surface area (Å²) in [6, 6.07) is 5.52. The van der Waals surface area contributed by atoms with E-state index >= 15 is 0 Å². The van der Waals surface area contributed by atoms with Gasteiger partial charge in [0.2, 0.25) is 12.7 Å². The van der Waals surface area contributed by atoms with Crippen molar-refractivity contribution in [3.8, 4) is 11.5 Å². The molecule has 1 saturated heterocycles. The second kappa shape index (κ2) is 13.0. The molecule has 3 atom stereocenters. The van der Waals surface area contributed by atoms with Crippen molar-refractivity contribution < 1.29 is 24.2 Å². The first-order valence-electron chi connectivity index (χ1n) is 13.2. The number of ether oxygens (including phenoxy) is 2. The standard InChI is InChI=1S/C28H42N2O5/c1-5-8-14-29(15-9-6-2)26(31)18-30-17-22(21-11-13-24-25(16-21)35-19-34-24)27(28(32)33)23(30)12-10-20(4)7-3/h7,11,13,16,22-23,27H,5-6,8-10,12,14-15,17-19H2,1-4H3,(H,32,33)/b20-7+/t22-,23-,27+/m1/s1. The highest BCUT2D eigenvalue weighted by atomic mass is 16.7. The van der Waals surface area contributed by atoms with Gasteiger partial charge in [-0.25, -0.2) is 0 Å². The summed E-state index contributed by atoms with van der Waals surface area (Å²) in [5.41, 5.74) is 2.16. The van der Waals surface area contributed by atoms with Crippen LogP contribution in [-0.2, 0) is 9.59 Å². The summed E-state index contributed by atoms with van der Waals surface area (Å²) in [7, 11) is 0. The van der Waals surface area contributed by atoms with Crippen molar-refractivity contribution in [3.05, 3.63) is 35.4 Å². The maximum absolute atomic E-state index is 13.4. The number of nitrogens with zero attached hydrogens (tertiary/aromatic N) is 2. The van der Waals surface area contributed by atoms with Gasteiger partial charge in [-0.1, -0.05) is 44.4 Å². The number of allylic oxidation sites excluding steroid dienone is 2. The van der Waals surface area contributed by atoms with Crippen molar-refractivity contribution in [2.45, 2.75) is 78.2 Å². The van der Waals surface area contributed by atoms with Gasteiger partial charge in [-0.15, -0.1) is 0 Å². The third-order valence-corrected chi connectivity index (χ3v) is 7.44. The van der Waals surface area contributed by atoms with Gasteiger partial charge in [-0.3, -0.25) is 14.5 Å². The SMILES string of the molecule is C/C=C(\C)CC[C@@H]1[C@@H](C(=O)O)[C@@H](c2ccc3c(c2)OCO3)CN1CC(=O)N(CCCC)CCCC. The summed E-state index contributed by atoms with van der Waals surface area (Å²) >= 11 is 0. The first-order chi connectivity index (χ1) is 16.9. The van der Waals surface area contributed by atoms with Gasteiger partial charge in [-0.2, -0.15) is 0 Å². The Kier molecular flexibility index (Phi) is 10.0. The summed E-state index contributed by atoms with van der Waals surface area (Å²) in [5.74, 6) is -0.158. The highest BCUT2D eigenvalue weighted by molar-refractivity contribution is 5.79. The normalized spacial score (nSPS) is 21.9. The second-order valence-corrected chi connectivity index (χ2v) is 9.84. The van der Waals surface area contributed by atoms with Gasteiger partial charge in [0.05, 0.1) is 12.5 Å². The van der Waals surface area contributed by atoms with Crippen molar-refractivity contribution in [2.24, 2.45) is 5.92 Å². The van der Waals surface area contributed by atoms with Crippen LogP contribution in [0, 0.1) is 5.92 Å². The molecular formula is C28H42N2O5. The number of unbranched alkanes of at least 4 members (excludes halogenated alkanes) is 2. The van der Waals surface area contributed by atoms with Crippen molar-refractivity contribution in [2.75, 3.05) is 33.0 Å². The zero-order valence-corrected chi connectivity index (χ0v) is 21.8. The van der Waals surface area contributed by atoms with E-state index in [1.165, 1.54) is 5.57 Å². The Morgan fingerprint density at radius 2 is 1.83 bits per heavy atom. The molecular weight excluding hydrogens is 444 g/mol. The van der Waals surface area contributed by atoms with E-state index in [0.29, 0.717) is 24.5 Å². The number of hydrogen-bond donors (Lipinski definition) is 1. The molecule has 1 aromatic carbocycles. The van der Waals surface area contributed by atoms with E-state index in [9.17, 15) is 14.7 Å². The molecule has 7 nitrogen and oxygen atoms in total. The summed E-state index contributed by atoms with van der Waals surface area (Å²) < 4.78 is 11.0. The summed E-state index contributed by atoms with van der Waals surface area (Å²) in [6.45, 7) is 10.9. The molecule has 0 unspecified atom stereocenters. The van der Waals surface area contributed by atoms with Crippen LogP contribution in [0.5, 0.6) is 11.5 Å². The molecule has 0 radical (unpaired) electrons. The highest BCUT2D eigenvalue weighted by Crippen LogP contribution is 2.43. The molecule has 0 bridgehead atoms. The van der Waals surface area contributed by atoms with E-state index in [0.717, 1.165) is 50.8 Å². The number of carboxylic acid groups (broad SMARTS) is 1. The van der Waals surface area contributed by atoms with Crippen LogP contribution in [0.3, 0.4) is 0 Å². The monoisotopic (exact) mass is 486 g/mol. The number of benzene rings is 1. The number of fused-ring (bicyclic) bond motifs is 1. The Balaban J connectivity index is 1.86. The van der Waals surface area contributed by atoms with Crippen LogP contribution in [-0.4, -0.2) is 65.8 Å².